The zero-order chi connectivity index (χ0) is 14.7. The van der Waals surface area contributed by atoms with Gasteiger partial charge >= 0.3 is 5.97 Å². The first-order valence-corrected chi connectivity index (χ1v) is 6.66. The highest BCUT2D eigenvalue weighted by molar-refractivity contribution is 6.36. The number of halogens is 3. The van der Waals surface area contributed by atoms with Crippen molar-refractivity contribution in [1.29, 1.82) is 0 Å². The molecular formula is C15H11Cl2FO2. The lowest BCUT2D eigenvalue weighted by Gasteiger charge is -2.15. The van der Waals surface area contributed by atoms with Crippen LogP contribution in [0.5, 0.6) is 0 Å². The Hall–Kier alpha value is -1.58. The lowest BCUT2D eigenvalue weighted by Crippen LogP contribution is -2.15. The van der Waals surface area contributed by atoms with Crippen LogP contribution in [-0.2, 0) is 11.2 Å². The van der Waals surface area contributed by atoms with Crippen molar-refractivity contribution in [3.63, 3.8) is 0 Å². The highest BCUT2D eigenvalue weighted by Gasteiger charge is 2.22. The molecule has 2 nitrogen and oxygen atoms in total. The fraction of sp³-hybridized carbons (Fsp3) is 0.133. The number of rotatable bonds is 4. The van der Waals surface area contributed by atoms with Gasteiger partial charge in [-0.05, 0) is 41.8 Å². The molecule has 1 N–H and O–H groups in total. The zero-order valence-electron chi connectivity index (χ0n) is 10.3. The van der Waals surface area contributed by atoms with E-state index in [1.807, 2.05) is 0 Å². The van der Waals surface area contributed by atoms with Crippen LogP contribution in [0.1, 0.15) is 17.0 Å². The number of aliphatic carboxylic acids is 1. The Morgan fingerprint density at radius 1 is 1.10 bits per heavy atom. The van der Waals surface area contributed by atoms with Crippen molar-refractivity contribution in [2.75, 3.05) is 0 Å². The summed E-state index contributed by atoms with van der Waals surface area (Å²) in [4.78, 5) is 11.4. The number of hydrogen-bond acceptors (Lipinski definition) is 1. The number of carbonyl (C=O) groups is 1. The fourth-order valence-electron chi connectivity index (χ4n) is 1.97. The predicted molar refractivity (Wildman–Crippen MR) is 76.9 cm³/mol. The van der Waals surface area contributed by atoms with E-state index in [2.05, 4.69) is 0 Å². The molecule has 0 heterocycles. The second kappa shape index (κ2) is 6.25. The number of benzene rings is 2. The van der Waals surface area contributed by atoms with Crippen LogP contribution in [0, 0.1) is 5.82 Å². The van der Waals surface area contributed by atoms with E-state index in [0.717, 1.165) is 0 Å². The van der Waals surface area contributed by atoms with Crippen molar-refractivity contribution >= 4 is 29.2 Å². The Balaban J connectivity index is 2.35. The lowest BCUT2D eigenvalue weighted by molar-refractivity contribution is -0.138. The van der Waals surface area contributed by atoms with E-state index in [0.29, 0.717) is 21.2 Å². The summed E-state index contributed by atoms with van der Waals surface area (Å²) in [5.41, 5.74) is 1.09. The molecule has 1 atom stereocenters. The van der Waals surface area contributed by atoms with Gasteiger partial charge in [0, 0.05) is 10.0 Å². The molecular weight excluding hydrogens is 302 g/mol. The molecule has 2 aromatic carbocycles. The van der Waals surface area contributed by atoms with E-state index in [9.17, 15) is 14.3 Å². The van der Waals surface area contributed by atoms with Crippen molar-refractivity contribution in [2.45, 2.75) is 12.3 Å². The second-order valence-corrected chi connectivity index (χ2v) is 5.16. The van der Waals surface area contributed by atoms with E-state index in [1.165, 1.54) is 24.3 Å². The Kier molecular flexibility index (Phi) is 4.63. The fourth-order valence-corrected chi connectivity index (χ4v) is 2.53. The summed E-state index contributed by atoms with van der Waals surface area (Å²) < 4.78 is 12.9. The van der Waals surface area contributed by atoms with Crippen molar-refractivity contribution in [3.05, 3.63) is 69.5 Å². The molecule has 0 saturated carbocycles. The van der Waals surface area contributed by atoms with Crippen LogP contribution < -0.4 is 0 Å². The van der Waals surface area contributed by atoms with Crippen LogP contribution in [0.2, 0.25) is 10.0 Å². The maximum atomic E-state index is 12.9. The van der Waals surface area contributed by atoms with Gasteiger partial charge < -0.3 is 5.11 Å². The smallest absolute Gasteiger partial charge is 0.311 e. The number of hydrogen-bond donors (Lipinski definition) is 1. The van der Waals surface area contributed by atoms with Gasteiger partial charge in [0.2, 0.25) is 0 Å². The lowest BCUT2D eigenvalue weighted by atomic mass is 9.92. The van der Waals surface area contributed by atoms with E-state index in [1.54, 1.807) is 18.2 Å². The first-order chi connectivity index (χ1) is 9.49. The molecule has 0 aliphatic heterocycles. The van der Waals surface area contributed by atoms with Gasteiger partial charge in [0.1, 0.15) is 5.82 Å². The van der Waals surface area contributed by atoms with Crippen LogP contribution in [0.3, 0.4) is 0 Å². The van der Waals surface area contributed by atoms with Crippen LogP contribution in [0.25, 0.3) is 0 Å². The topological polar surface area (TPSA) is 37.3 Å². The number of carboxylic acid groups (broad SMARTS) is 1. The summed E-state index contributed by atoms with van der Waals surface area (Å²) in [6, 6.07) is 10.4. The van der Waals surface area contributed by atoms with Crippen molar-refractivity contribution in [2.24, 2.45) is 0 Å². The molecule has 0 amide bonds. The molecule has 20 heavy (non-hydrogen) atoms. The van der Waals surface area contributed by atoms with Gasteiger partial charge in [-0.25, -0.2) is 4.39 Å². The largest absolute Gasteiger partial charge is 0.481 e. The maximum Gasteiger partial charge on any atom is 0.311 e. The average Bonchev–Trinajstić information content (AvgIpc) is 2.39. The Bertz CT molecular complexity index is 606. The minimum absolute atomic E-state index is 0.152. The second-order valence-electron chi connectivity index (χ2n) is 4.35. The third kappa shape index (κ3) is 3.30. The average molecular weight is 313 g/mol. The molecule has 1 unspecified atom stereocenters. The van der Waals surface area contributed by atoms with E-state index >= 15 is 0 Å². The van der Waals surface area contributed by atoms with Crippen molar-refractivity contribution < 1.29 is 14.3 Å². The van der Waals surface area contributed by atoms with E-state index in [-0.39, 0.29) is 6.42 Å². The highest BCUT2D eigenvalue weighted by atomic mass is 35.5. The van der Waals surface area contributed by atoms with Crippen LogP contribution >= 0.6 is 23.2 Å². The van der Waals surface area contributed by atoms with Crippen molar-refractivity contribution in [1.82, 2.24) is 0 Å². The summed E-state index contributed by atoms with van der Waals surface area (Å²) >= 11 is 12.1. The molecule has 0 bridgehead atoms. The normalized spacial score (nSPS) is 12.2. The molecule has 2 aromatic rings. The monoisotopic (exact) mass is 312 g/mol. The van der Waals surface area contributed by atoms with Gasteiger partial charge in [-0.3, -0.25) is 4.79 Å². The quantitative estimate of drug-likeness (QED) is 0.899. The molecule has 104 valence electrons. The Labute approximate surface area is 125 Å². The van der Waals surface area contributed by atoms with Crippen LogP contribution in [-0.4, -0.2) is 11.1 Å². The third-order valence-electron chi connectivity index (χ3n) is 3.04. The summed E-state index contributed by atoms with van der Waals surface area (Å²) in [5, 5.41) is 10.2. The molecule has 0 aromatic heterocycles. The van der Waals surface area contributed by atoms with Gasteiger partial charge in [-0.2, -0.15) is 0 Å². The third-order valence-corrected chi connectivity index (χ3v) is 3.75. The van der Waals surface area contributed by atoms with Gasteiger partial charge in [0.05, 0.1) is 5.92 Å². The first kappa shape index (κ1) is 14.8. The zero-order valence-corrected chi connectivity index (χ0v) is 11.8. The van der Waals surface area contributed by atoms with Crippen LogP contribution in [0.15, 0.2) is 42.5 Å². The first-order valence-electron chi connectivity index (χ1n) is 5.90. The predicted octanol–water partition coefficient (Wildman–Crippen LogP) is 4.54. The Morgan fingerprint density at radius 2 is 1.65 bits per heavy atom. The summed E-state index contributed by atoms with van der Waals surface area (Å²) in [6.45, 7) is 0. The maximum absolute atomic E-state index is 12.9. The molecule has 0 saturated heterocycles. The van der Waals surface area contributed by atoms with Gasteiger partial charge in [0.25, 0.3) is 0 Å². The summed E-state index contributed by atoms with van der Waals surface area (Å²) in [7, 11) is 0. The minimum Gasteiger partial charge on any atom is -0.481 e. The molecule has 5 heteroatoms. The highest BCUT2D eigenvalue weighted by Crippen LogP contribution is 2.30. The number of carboxylic acids is 1. The van der Waals surface area contributed by atoms with Gasteiger partial charge in [0.15, 0.2) is 0 Å². The minimum atomic E-state index is -1.01. The standard InChI is InChI=1S/C15H11Cl2FO2/c16-13-2-1-3-14(17)12(13)8-11(15(19)20)9-4-6-10(18)7-5-9/h1-7,11H,8H2,(H,19,20). The summed E-state index contributed by atoms with van der Waals surface area (Å²) in [5.74, 6) is -2.24. The molecule has 0 aliphatic rings. The SMILES string of the molecule is O=C(O)C(Cc1c(Cl)cccc1Cl)c1ccc(F)cc1. The molecule has 0 aliphatic carbocycles. The van der Waals surface area contributed by atoms with E-state index < -0.39 is 17.7 Å². The molecule has 0 radical (unpaired) electrons. The van der Waals surface area contributed by atoms with Gasteiger partial charge in [-0.1, -0.05) is 41.4 Å². The van der Waals surface area contributed by atoms with Crippen molar-refractivity contribution in [3.8, 4) is 0 Å². The van der Waals surface area contributed by atoms with E-state index in [4.69, 9.17) is 23.2 Å². The molecule has 2 rings (SSSR count). The molecule has 0 fully saturated rings. The molecule has 0 spiro atoms. The van der Waals surface area contributed by atoms with Crippen LogP contribution in [0.4, 0.5) is 4.39 Å². The van der Waals surface area contributed by atoms with Gasteiger partial charge in [-0.15, -0.1) is 0 Å². The summed E-state index contributed by atoms with van der Waals surface area (Å²) in [6.07, 6.45) is 0.152. The Morgan fingerprint density at radius 3 is 2.15 bits per heavy atom.